The van der Waals surface area contributed by atoms with Crippen LogP contribution in [0.3, 0.4) is 0 Å². The Balaban J connectivity index is 2.10. The third-order valence-electron chi connectivity index (χ3n) is 3.90. The molecule has 2 N–H and O–H groups in total. The Morgan fingerprint density at radius 2 is 2.20 bits per heavy atom. The summed E-state index contributed by atoms with van der Waals surface area (Å²) < 4.78 is 0.211. The van der Waals surface area contributed by atoms with Gasteiger partial charge < -0.3 is 10.4 Å². The maximum atomic E-state index is 11.1. The Morgan fingerprint density at radius 3 is 2.80 bits per heavy atom. The summed E-state index contributed by atoms with van der Waals surface area (Å²) in [5.41, 5.74) is 0.0889. The number of carboxylic acid groups (broad SMARTS) is 1. The number of thioether (sulfide) groups is 1. The van der Waals surface area contributed by atoms with Crippen LogP contribution in [0.25, 0.3) is 0 Å². The van der Waals surface area contributed by atoms with Crippen molar-refractivity contribution in [3.05, 3.63) is 22.8 Å². The molecule has 0 saturated heterocycles. The van der Waals surface area contributed by atoms with Crippen molar-refractivity contribution in [3.63, 3.8) is 0 Å². The van der Waals surface area contributed by atoms with Gasteiger partial charge in [0.1, 0.15) is 5.82 Å². The van der Waals surface area contributed by atoms with Gasteiger partial charge in [0.25, 0.3) is 0 Å². The van der Waals surface area contributed by atoms with E-state index in [1.54, 1.807) is 0 Å². The second-order valence-corrected chi connectivity index (χ2v) is 6.78. The Morgan fingerprint density at radius 1 is 1.50 bits per heavy atom. The number of rotatable bonds is 5. The van der Waals surface area contributed by atoms with E-state index in [1.165, 1.54) is 44.4 Å². The summed E-state index contributed by atoms with van der Waals surface area (Å²) in [6.07, 6.45) is 9.77. The molecule has 1 saturated carbocycles. The van der Waals surface area contributed by atoms with Crippen molar-refractivity contribution in [2.24, 2.45) is 0 Å². The van der Waals surface area contributed by atoms with Crippen molar-refractivity contribution in [2.45, 2.75) is 36.9 Å². The molecule has 110 valence electrons. The van der Waals surface area contributed by atoms with Gasteiger partial charge in [-0.2, -0.15) is 11.8 Å². The van der Waals surface area contributed by atoms with E-state index in [0.717, 1.165) is 6.54 Å². The first-order valence-corrected chi connectivity index (χ1v) is 8.35. The average Bonchev–Trinajstić information content (AvgIpc) is 2.47. The Bertz CT molecular complexity index is 490. The minimum atomic E-state index is -1.03. The van der Waals surface area contributed by atoms with Gasteiger partial charge in [0.2, 0.25) is 0 Å². The zero-order valence-electron chi connectivity index (χ0n) is 11.5. The van der Waals surface area contributed by atoms with Crippen molar-refractivity contribution in [3.8, 4) is 0 Å². The molecular formula is C14H19ClN2O2S. The molecule has 1 heterocycles. The summed E-state index contributed by atoms with van der Waals surface area (Å²) in [6.45, 7) is 0.768. The summed E-state index contributed by atoms with van der Waals surface area (Å²) in [6, 6.07) is 1.42. The highest BCUT2D eigenvalue weighted by Gasteiger charge is 2.31. The number of hydrogen-bond donors (Lipinski definition) is 2. The van der Waals surface area contributed by atoms with E-state index >= 15 is 0 Å². The van der Waals surface area contributed by atoms with Crippen molar-refractivity contribution in [1.29, 1.82) is 0 Å². The highest BCUT2D eigenvalue weighted by Crippen LogP contribution is 2.39. The van der Waals surface area contributed by atoms with Gasteiger partial charge in [-0.3, -0.25) is 0 Å². The highest BCUT2D eigenvalue weighted by molar-refractivity contribution is 8.00. The predicted octanol–water partition coefficient (Wildman–Crippen LogP) is 3.91. The lowest BCUT2D eigenvalue weighted by Gasteiger charge is -2.36. The number of hydrogen-bond acceptors (Lipinski definition) is 4. The third-order valence-corrected chi connectivity index (χ3v) is 5.70. The molecule has 0 aliphatic heterocycles. The molecule has 0 atom stereocenters. The van der Waals surface area contributed by atoms with Crippen molar-refractivity contribution in [1.82, 2.24) is 4.98 Å². The lowest BCUT2D eigenvalue weighted by atomic mass is 9.88. The molecule has 0 bridgehead atoms. The number of nitrogens with zero attached hydrogens (tertiary/aromatic N) is 1. The smallest absolute Gasteiger partial charge is 0.337 e. The van der Waals surface area contributed by atoms with Gasteiger partial charge in [0.05, 0.1) is 10.6 Å². The molecule has 2 rings (SSSR count). The van der Waals surface area contributed by atoms with Gasteiger partial charge in [0, 0.05) is 17.5 Å². The monoisotopic (exact) mass is 314 g/mol. The second-order valence-electron chi connectivity index (χ2n) is 5.13. The van der Waals surface area contributed by atoms with E-state index in [-0.39, 0.29) is 15.3 Å². The number of pyridine rings is 1. The number of aromatic carboxylic acids is 1. The molecule has 1 aliphatic carbocycles. The zero-order chi connectivity index (χ0) is 14.6. The molecule has 0 spiro atoms. The standard InChI is InChI=1S/C14H19ClN2O2S/c1-20-14(6-3-2-4-7-14)9-17-12-11(15)10(13(18)19)5-8-16-12/h5,8H,2-4,6-7,9H2,1H3,(H,16,17)(H,18,19). The highest BCUT2D eigenvalue weighted by atomic mass is 35.5. The number of carboxylic acids is 1. The first kappa shape index (κ1) is 15.4. The molecule has 20 heavy (non-hydrogen) atoms. The van der Waals surface area contributed by atoms with Crippen LogP contribution >= 0.6 is 23.4 Å². The number of carbonyl (C=O) groups is 1. The largest absolute Gasteiger partial charge is 0.478 e. The molecule has 1 aromatic heterocycles. The summed E-state index contributed by atoms with van der Waals surface area (Å²) >= 11 is 7.98. The van der Waals surface area contributed by atoms with Crippen LogP contribution in [0.1, 0.15) is 42.5 Å². The summed E-state index contributed by atoms with van der Waals surface area (Å²) in [5, 5.41) is 12.5. The number of halogens is 1. The van der Waals surface area contributed by atoms with E-state index in [1.807, 2.05) is 11.8 Å². The molecule has 6 heteroatoms. The number of anilines is 1. The van der Waals surface area contributed by atoms with Crippen molar-refractivity contribution >= 4 is 35.1 Å². The van der Waals surface area contributed by atoms with E-state index < -0.39 is 5.97 Å². The molecule has 1 fully saturated rings. The maximum Gasteiger partial charge on any atom is 0.337 e. The van der Waals surface area contributed by atoms with E-state index in [0.29, 0.717) is 5.82 Å². The Hall–Kier alpha value is -0.940. The van der Waals surface area contributed by atoms with E-state index in [9.17, 15) is 4.79 Å². The molecular weight excluding hydrogens is 296 g/mol. The lowest BCUT2D eigenvalue weighted by molar-refractivity contribution is 0.0697. The average molecular weight is 315 g/mol. The van der Waals surface area contributed by atoms with Gasteiger partial charge in [-0.05, 0) is 25.2 Å². The predicted molar refractivity (Wildman–Crippen MR) is 84.0 cm³/mol. The summed E-state index contributed by atoms with van der Waals surface area (Å²) in [4.78, 5) is 15.2. The molecule has 0 aromatic carbocycles. The lowest BCUT2D eigenvalue weighted by Crippen LogP contribution is -2.35. The fourth-order valence-corrected chi connectivity index (χ4v) is 3.80. The van der Waals surface area contributed by atoms with Crippen LogP contribution < -0.4 is 5.32 Å². The van der Waals surface area contributed by atoms with Gasteiger partial charge in [-0.1, -0.05) is 30.9 Å². The molecule has 1 aromatic rings. The van der Waals surface area contributed by atoms with Crippen molar-refractivity contribution in [2.75, 3.05) is 18.1 Å². The first-order valence-electron chi connectivity index (χ1n) is 6.75. The molecule has 4 nitrogen and oxygen atoms in total. The molecule has 0 unspecified atom stereocenters. The third kappa shape index (κ3) is 3.38. The van der Waals surface area contributed by atoms with E-state index in [2.05, 4.69) is 16.6 Å². The normalized spacial score (nSPS) is 17.7. The van der Waals surface area contributed by atoms with Crippen LogP contribution in [-0.4, -0.2) is 33.6 Å². The van der Waals surface area contributed by atoms with Crippen LogP contribution in [0.15, 0.2) is 12.3 Å². The van der Waals surface area contributed by atoms with Gasteiger partial charge in [0.15, 0.2) is 0 Å². The minimum absolute atomic E-state index is 0.0889. The van der Waals surface area contributed by atoms with E-state index in [4.69, 9.17) is 16.7 Å². The topological polar surface area (TPSA) is 62.2 Å². The Labute approximate surface area is 128 Å². The zero-order valence-corrected chi connectivity index (χ0v) is 13.1. The molecule has 1 aliphatic rings. The van der Waals surface area contributed by atoms with Crippen LogP contribution in [0.4, 0.5) is 5.82 Å². The molecule has 0 radical (unpaired) electrons. The fraction of sp³-hybridized carbons (Fsp3) is 0.571. The first-order chi connectivity index (χ1) is 9.58. The summed E-state index contributed by atoms with van der Waals surface area (Å²) in [5.74, 6) is -0.566. The van der Waals surface area contributed by atoms with Crippen LogP contribution in [0.2, 0.25) is 5.02 Å². The maximum absolute atomic E-state index is 11.1. The van der Waals surface area contributed by atoms with Crippen LogP contribution in [0.5, 0.6) is 0 Å². The van der Waals surface area contributed by atoms with Crippen molar-refractivity contribution < 1.29 is 9.90 Å². The number of aromatic nitrogens is 1. The fourth-order valence-electron chi connectivity index (χ4n) is 2.63. The Kier molecular flexibility index (Phi) is 5.16. The summed E-state index contributed by atoms with van der Waals surface area (Å²) in [7, 11) is 0. The quantitative estimate of drug-likeness (QED) is 0.862. The van der Waals surface area contributed by atoms with Crippen LogP contribution in [0, 0.1) is 0 Å². The minimum Gasteiger partial charge on any atom is -0.478 e. The van der Waals surface area contributed by atoms with Gasteiger partial charge in [-0.15, -0.1) is 0 Å². The number of nitrogens with one attached hydrogen (secondary N) is 1. The van der Waals surface area contributed by atoms with Gasteiger partial charge >= 0.3 is 5.97 Å². The SMILES string of the molecule is CSC1(CNc2nccc(C(=O)O)c2Cl)CCCCC1. The second kappa shape index (κ2) is 6.68. The van der Waals surface area contributed by atoms with Crippen LogP contribution in [-0.2, 0) is 0 Å². The van der Waals surface area contributed by atoms with Gasteiger partial charge in [-0.25, -0.2) is 9.78 Å². The molecule has 0 amide bonds.